The first-order valence-corrected chi connectivity index (χ1v) is 11.7. The second-order valence-corrected chi connectivity index (χ2v) is 11.2. The second kappa shape index (κ2) is 8.70. The maximum absolute atomic E-state index is 12.8. The molecule has 24 heavy (non-hydrogen) atoms. The highest BCUT2D eigenvalue weighted by atomic mass is 28.3. The Kier molecular flexibility index (Phi) is 7.24. The summed E-state index contributed by atoms with van der Waals surface area (Å²) in [6.07, 6.45) is 0.0545. The van der Waals surface area contributed by atoms with Gasteiger partial charge in [-0.2, -0.15) is 0 Å². The number of benzene rings is 1. The zero-order valence-corrected chi connectivity index (χ0v) is 16.1. The molecule has 130 valence electrons. The Morgan fingerprint density at radius 3 is 1.92 bits per heavy atom. The maximum Gasteiger partial charge on any atom is 0.329 e. The molecule has 0 unspecified atom stereocenters. The van der Waals surface area contributed by atoms with E-state index in [9.17, 15) is 9.59 Å². The monoisotopic (exact) mass is 346 g/mol. The van der Waals surface area contributed by atoms with E-state index in [0.717, 1.165) is 0 Å². The van der Waals surface area contributed by atoms with Crippen LogP contribution in [0.15, 0.2) is 30.3 Å². The van der Waals surface area contributed by atoms with Gasteiger partial charge >= 0.3 is 11.9 Å². The Balaban J connectivity index is 3.45. The largest absolute Gasteiger partial charge is 0.465 e. The number of hydrogen-bond acceptors (Lipinski definition) is 4. The average molecular weight is 346 g/mol. The molecule has 0 saturated heterocycles. The van der Waals surface area contributed by atoms with Gasteiger partial charge < -0.3 is 9.47 Å². The van der Waals surface area contributed by atoms with E-state index in [1.54, 1.807) is 38.1 Å². The SMILES string of the molecule is CCOC(=O)C(CC#C[Si](C)(C)C)(C(=O)OCC)c1ccccc1. The molecule has 0 heterocycles. The highest BCUT2D eigenvalue weighted by molar-refractivity contribution is 6.83. The number of carbonyl (C=O) groups excluding carboxylic acids is 2. The van der Waals surface area contributed by atoms with Crippen LogP contribution in [0.2, 0.25) is 19.6 Å². The Morgan fingerprint density at radius 2 is 1.50 bits per heavy atom. The number of hydrogen-bond donors (Lipinski definition) is 0. The lowest BCUT2D eigenvalue weighted by Crippen LogP contribution is -2.46. The van der Waals surface area contributed by atoms with E-state index < -0.39 is 25.4 Å². The van der Waals surface area contributed by atoms with Gasteiger partial charge in [0.2, 0.25) is 5.41 Å². The predicted octanol–water partition coefficient (Wildman–Crippen LogP) is 3.32. The molecule has 0 radical (unpaired) electrons. The molecule has 1 aromatic rings. The van der Waals surface area contributed by atoms with Crippen molar-refractivity contribution < 1.29 is 19.1 Å². The molecule has 4 nitrogen and oxygen atoms in total. The van der Waals surface area contributed by atoms with Gasteiger partial charge in [-0.05, 0) is 19.4 Å². The van der Waals surface area contributed by atoms with Gasteiger partial charge in [0.15, 0.2) is 0 Å². The number of carbonyl (C=O) groups is 2. The van der Waals surface area contributed by atoms with Crippen LogP contribution in [-0.4, -0.2) is 33.2 Å². The van der Waals surface area contributed by atoms with Crippen molar-refractivity contribution in [3.63, 3.8) is 0 Å². The molecule has 0 bridgehead atoms. The lowest BCUT2D eigenvalue weighted by Gasteiger charge is -2.28. The second-order valence-electron chi connectivity index (χ2n) is 6.44. The molecule has 0 saturated carbocycles. The zero-order chi connectivity index (χ0) is 18.2. The van der Waals surface area contributed by atoms with Crippen molar-refractivity contribution in [2.45, 2.75) is 45.3 Å². The van der Waals surface area contributed by atoms with Crippen LogP contribution in [-0.2, 0) is 24.5 Å². The number of esters is 2. The van der Waals surface area contributed by atoms with Crippen LogP contribution < -0.4 is 0 Å². The summed E-state index contributed by atoms with van der Waals surface area (Å²) < 4.78 is 10.4. The molecular weight excluding hydrogens is 320 g/mol. The third-order valence-electron chi connectivity index (χ3n) is 3.33. The fraction of sp³-hybridized carbons (Fsp3) is 0.474. The first-order valence-electron chi connectivity index (χ1n) is 8.18. The van der Waals surface area contributed by atoms with E-state index in [1.807, 2.05) is 6.07 Å². The van der Waals surface area contributed by atoms with Crippen molar-refractivity contribution in [3.05, 3.63) is 35.9 Å². The summed E-state index contributed by atoms with van der Waals surface area (Å²) >= 11 is 0. The molecule has 0 aliphatic rings. The van der Waals surface area contributed by atoms with Crippen LogP contribution in [0, 0.1) is 11.5 Å². The lowest BCUT2D eigenvalue weighted by molar-refractivity contribution is -0.164. The molecule has 0 aliphatic heterocycles. The molecule has 1 aromatic carbocycles. The van der Waals surface area contributed by atoms with E-state index >= 15 is 0 Å². The fourth-order valence-electron chi connectivity index (χ4n) is 2.24. The molecular formula is C19H26O4Si. The third kappa shape index (κ3) is 4.97. The normalized spacial score (nSPS) is 11.2. The van der Waals surface area contributed by atoms with E-state index in [4.69, 9.17) is 9.47 Å². The molecule has 0 amide bonds. The summed E-state index contributed by atoms with van der Waals surface area (Å²) in [6.45, 7) is 10.1. The first-order chi connectivity index (χ1) is 11.3. The maximum atomic E-state index is 12.8. The van der Waals surface area contributed by atoms with Crippen LogP contribution in [0.4, 0.5) is 0 Å². The average Bonchev–Trinajstić information content (AvgIpc) is 2.52. The zero-order valence-electron chi connectivity index (χ0n) is 15.1. The highest BCUT2D eigenvalue weighted by Gasteiger charge is 2.50. The Labute approximate surface area is 145 Å². The highest BCUT2D eigenvalue weighted by Crippen LogP contribution is 2.31. The first kappa shape index (κ1) is 20.0. The number of rotatable bonds is 6. The van der Waals surface area contributed by atoms with Gasteiger partial charge in [-0.25, -0.2) is 0 Å². The summed E-state index contributed by atoms with van der Waals surface area (Å²) in [5, 5.41) is 0. The van der Waals surface area contributed by atoms with Crippen LogP contribution in [0.1, 0.15) is 25.8 Å². The van der Waals surface area contributed by atoms with Crippen molar-refractivity contribution in [1.29, 1.82) is 0 Å². The van der Waals surface area contributed by atoms with Gasteiger partial charge in [-0.3, -0.25) is 9.59 Å². The van der Waals surface area contributed by atoms with Gasteiger partial charge in [0.05, 0.1) is 13.2 Å². The fourth-order valence-corrected chi connectivity index (χ4v) is 2.86. The number of ether oxygens (including phenoxy) is 2. The molecule has 0 N–H and O–H groups in total. The van der Waals surface area contributed by atoms with Crippen LogP contribution in [0.25, 0.3) is 0 Å². The smallest absolute Gasteiger partial charge is 0.329 e. The van der Waals surface area contributed by atoms with Gasteiger partial charge in [0.25, 0.3) is 0 Å². The van der Waals surface area contributed by atoms with Gasteiger partial charge in [-0.1, -0.05) is 50.0 Å². The standard InChI is InChI=1S/C19H26O4Si/c1-6-22-17(20)19(18(21)23-7-2,14-11-15-24(3,4)5)16-12-9-8-10-13-16/h8-10,12-13H,6-7,14H2,1-5H3. The van der Waals surface area contributed by atoms with E-state index in [1.165, 1.54) is 0 Å². The van der Waals surface area contributed by atoms with Gasteiger partial charge in [-0.15, -0.1) is 11.5 Å². The van der Waals surface area contributed by atoms with Crippen molar-refractivity contribution >= 4 is 20.0 Å². The van der Waals surface area contributed by atoms with Crippen molar-refractivity contribution in [3.8, 4) is 11.5 Å². The van der Waals surface area contributed by atoms with Gasteiger partial charge in [0, 0.05) is 6.42 Å². The summed E-state index contributed by atoms with van der Waals surface area (Å²) in [6, 6.07) is 8.88. The summed E-state index contributed by atoms with van der Waals surface area (Å²) in [5.41, 5.74) is 2.22. The van der Waals surface area contributed by atoms with Crippen molar-refractivity contribution in [2.75, 3.05) is 13.2 Å². The van der Waals surface area contributed by atoms with E-state index in [-0.39, 0.29) is 19.6 Å². The van der Waals surface area contributed by atoms with E-state index in [0.29, 0.717) is 5.56 Å². The molecule has 1 rings (SSSR count). The molecule has 0 aromatic heterocycles. The van der Waals surface area contributed by atoms with Crippen molar-refractivity contribution in [2.24, 2.45) is 0 Å². The molecule has 5 heteroatoms. The summed E-state index contributed by atoms with van der Waals surface area (Å²) in [7, 11) is -1.63. The Hall–Kier alpha value is -2.06. The topological polar surface area (TPSA) is 52.6 Å². The van der Waals surface area contributed by atoms with Crippen LogP contribution >= 0.6 is 0 Å². The third-order valence-corrected chi connectivity index (χ3v) is 4.26. The summed E-state index contributed by atoms with van der Waals surface area (Å²) in [4.78, 5) is 25.5. The molecule has 0 fully saturated rings. The molecule has 0 atom stereocenters. The lowest BCUT2D eigenvalue weighted by atomic mass is 9.77. The van der Waals surface area contributed by atoms with Crippen molar-refractivity contribution in [1.82, 2.24) is 0 Å². The minimum Gasteiger partial charge on any atom is -0.465 e. The van der Waals surface area contributed by atoms with Crippen LogP contribution in [0.5, 0.6) is 0 Å². The van der Waals surface area contributed by atoms with Crippen LogP contribution in [0.3, 0.4) is 0 Å². The Bertz CT molecular complexity index is 602. The van der Waals surface area contributed by atoms with Gasteiger partial charge in [0.1, 0.15) is 8.07 Å². The van der Waals surface area contributed by atoms with E-state index in [2.05, 4.69) is 31.1 Å². The molecule has 0 aliphatic carbocycles. The minimum atomic E-state index is -1.63. The predicted molar refractivity (Wildman–Crippen MR) is 97.1 cm³/mol. The minimum absolute atomic E-state index is 0.0545. The quantitative estimate of drug-likeness (QED) is 0.343. The molecule has 0 spiro atoms. The summed E-state index contributed by atoms with van der Waals surface area (Å²) in [5.74, 6) is 1.83. The Morgan fingerprint density at radius 1 is 1.00 bits per heavy atom.